The summed E-state index contributed by atoms with van der Waals surface area (Å²) >= 11 is 0. The fraction of sp³-hybridized carbons (Fsp3) is 0.179. The topological polar surface area (TPSA) is 158 Å². The molecule has 5 aromatic rings. The molecule has 3 atom stereocenters. The molecule has 0 saturated heterocycles. The SMILES string of the molecule is Nc1ccc(C(=O)N[C@@H](Cc2ccccc2)[C@@H](O)C[C@H](Cc2ccccc2)NC(=O)c2ccccc2N(Cc2ccccn2)C(=O)O)cc1. The normalized spacial score (nSPS) is 12.7. The van der Waals surface area contributed by atoms with Gasteiger partial charge in [-0.25, -0.2) is 4.79 Å². The first-order valence-electron chi connectivity index (χ1n) is 16.0. The highest BCUT2D eigenvalue weighted by molar-refractivity contribution is 6.03. The van der Waals surface area contributed by atoms with Gasteiger partial charge in [0, 0.05) is 23.5 Å². The first-order valence-corrected chi connectivity index (χ1v) is 16.0. The summed E-state index contributed by atoms with van der Waals surface area (Å²) in [5.74, 6) is -0.860. The Morgan fingerprint density at radius 2 is 1.33 bits per heavy atom. The van der Waals surface area contributed by atoms with Crippen LogP contribution in [0.4, 0.5) is 16.2 Å². The molecule has 0 aliphatic carbocycles. The lowest BCUT2D eigenvalue weighted by Crippen LogP contribution is -2.48. The van der Waals surface area contributed by atoms with Crippen LogP contribution in [0.15, 0.2) is 134 Å². The van der Waals surface area contributed by atoms with Gasteiger partial charge in [0.2, 0.25) is 0 Å². The molecular weight excluding hydrogens is 618 g/mol. The number of nitrogen functional groups attached to an aromatic ring is 1. The molecular formula is C39H39N5O5. The van der Waals surface area contributed by atoms with Gasteiger partial charge in [-0.15, -0.1) is 0 Å². The van der Waals surface area contributed by atoms with E-state index < -0.39 is 30.2 Å². The number of anilines is 2. The molecule has 6 N–H and O–H groups in total. The quantitative estimate of drug-likeness (QED) is 0.0990. The maximum absolute atomic E-state index is 14.0. The van der Waals surface area contributed by atoms with Crippen molar-refractivity contribution in [1.29, 1.82) is 0 Å². The lowest BCUT2D eigenvalue weighted by atomic mass is 9.93. The summed E-state index contributed by atoms with van der Waals surface area (Å²) < 4.78 is 0. The lowest BCUT2D eigenvalue weighted by Gasteiger charge is -2.29. The third kappa shape index (κ3) is 9.75. The van der Waals surface area contributed by atoms with Crippen molar-refractivity contribution in [2.45, 2.75) is 44.0 Å². The third-order valence-corrected chi connectivity index (χ3v) is 8.16. The molecule has 1 heterocycles. The predicted molar refractivity (Wildman–Crippen MR) is 189 cm³/mol. The minimum atomic E-state index is -1.23. The number of nitrogens with zero attached hydrogens (tertiary/aromatic N) is 2. The van der Waals surface area contributed by atoms with Gasteiger partial charge >= 0.3 is 6.09 Å². The number of aromatic nitrogens is 1. The van der Waals surface area contributed by atoms with E-state index in [4.69, 9.17) is 5.73 Å². The number of amides is 3. The van der Waals surface area contributed by atoms with E-state index in [1.165, 1.54) is 0 Å². The highest BCUT2D eigenvalue weighted by atomic mass is 16.4. The maximum Gasteiger partial charge on any atom is 0.412 e. The number of carbonyl (C=O) groups excluding carboxylic acids is 2. The molecule has 10 nitrogen and oxygen atoms in total. The van der Waals surface area contributed by atoms with Crippen molar-refractivity contribution in [1.82, 2.24) is 15.6 Å². The van der Waals surface area contributed by atoms with E-state index in [2.05, 4.69) is 15.6 Å². The summed E-state index contributed by atoms with van der Waals surface area (Å²) in [4.78, 5) is 45.0. The monoisotopic (exact) mass is 657 g/mol. The van der Waals surface area contributed by atoms with Gasteiger partial charge < -0.3 is 26.6 Å². The van der Waals surface area contributed by atoms with Crippen LogP contribution in [0.1, 0.15) is 44.0 Å². The summed E-state index contributed by atoms with van der Waals surface area (Å²) in [5, 5.41) is 27.9. The number of carbonyl (C=O) groups is 3. The smallest absolute Gasteiger partial charge is 0.412 e. The first kappa shape index (κ1) is 34.3. The molecule has 5 rings (SSSR count). The Morgan fingerprint density at radius 1 is 0.714 bits per heavy atom. The lowest BCUT2D eigenvalue weighted by molar-refractivity contribution is 0.0755. The van der Waals surface area contributed by atoms with Crippen LogP contribution < -0.4 is 21.3 Å². The van der Waals surface area contributed by atoms with Gasteiger partial charge in [0.05, 0.1) is 35.6 Å². The Labute approximate surface area is 285 Å². The number of rotatable bonds is 14. The summed E-state index contributed by atoms with van der Waals surface area (Å²) in [7, 11) is 0. The number of benzene rings is 4. The van der Waals surface area contributed by atoms with Crippen LogP contribution in [0.2, 0.25) is 0 Å². The Morgan fingerprint density at radius 3 is 1.96 bits per heavy atom. The number of aliphatic hydroxyl groups excluding tert-OH is 1. The van der Waals surface area contributed by atoms with Crippen LogP contribution in [-0.4, -0.2) is 51.3 Å². The maximum atomic E-state index is 14.0. The van der Waals surface area contributed by atoms with Gasteiger partial charge in [-0.05, 0) is 78.9 Å². The largest absolute Gasteiger partial charge is 0.465 e. The van der Waals surface area contributed by atoms with Crippen molar-refractivity contribution < 1.29 is 24.6 Å². The average molecular weight is 658 g/mol. The van der Waals surface area contributed by atoms with E-state index >= 15 is 0 Å². The van der Waals surface area contributed by atoms with E-state index in [1.54, 1.807) is 72.9 Å². The highest BCUT2D eigenvalue weighted by Crippen LogP contribution is 2.24. The van der Waals surface area contributed by atoms with Gasteiger partial charge in [-0.2, -0.15) is 0 Å². The summed E-state index contributed by atoms with van der Waals surface area (Å²) in [5.41, 5.74) is 9.48. The molecule has 0 radical (unpaired) electrons. The van der Waals surface area contributed by atoms with Crippen LogP contribution in [0.25, 0.3) is 0 Å². The minimum Gasteiger partial charge on any atom is -0.465 e. The van der Waals surface area contributed by atoms with Crippen LogP contribution >= 0.6 is 0 Å². The molecule has 0 bridgehead atoms. The summed E-state index contributed by atoms with van der Waals surface area (Å²) in [6.07, 6.45) is 0.102. The number of pyridine rings is 1. The Hall–Kier alpha value is -6.00. The van der Waals surface area contributed by atoms with Crippen molar-refractivity contribution >= 4 is 29.3 Å². The van der Waals surface area contributed by atoms with E-state index in [0.717, 1.165) is 16.0 Å². The van der Waals surface area contributed by atoms with Gasteiger partial charge in [-0.3, -0.25) is 19.5 Å². The molecule has 0 fully saturated rings. The zero-order valence-corrected chi connectivity index (χ0v) is 26.9. The molecule has 0 saturated carbocycles. The number of nitrogens with two attached hydrogens (primary N) is 1. The van der Waals surface area contributed by atoms with E-state index in [9.17, 15) is 24.6 Å². The number of para-hydroxylation sites is 1. The Bertz CT molecular complexity index is 1820. The molecule has 0 unspecified atom stereocenters. The van der Waals surface area contributed by atoms with Crippen molar-refractivity contribution in [3.63, 3.8) is 0 Å². The molecule has 10 heteroatoms. The summed E-state index contributed by atoms with van der Waals surface area (Å²) in [6.45, 7) is -0.0541. The van der Waals surface area contributed by atoms with Gasteiger partial charge in [-0.1, -0.05) is 78.9 Å². The second kappa shape index (κ2) is 16.7. The van der Waals surface area contributed by atoms with Gasteiger partial charge in [0.25, 0.3) is 11.8 Å². The van der Waals surface area contributed by atoms with Crippen LogP contribution in [0, 0.1) is 0 Å². The fourth-order valence-corrected chi connectivity index (χ4v) is 5.66. The molecule has 0 spiro atoms. The number of hydrogen-bond acceptors (Lipinski definition) is 6. The van der Waals surface area contributed by atoms with Crippen molar-refractivity contribution in [3.05, 3.63) is 162 Å². The molecule has 4 aromatic carbocycles. The van der Waals surface area contributed by atoms with Gasteiger partial charge in [0.1, 0.15) is 0 Å². The molecule has 1 aromatic heterocycles. The van der Waals surface area contributed by atoms with Crippen LogP contribution in [0.5, 0.6) is 0 Å². The zero-order chi connectivity index (χ0) is 34.6. The third-order valence-electron chi connectivity index (χ3n) is 8.16. The minimum absolute atomic E-state index is 0.0541. The molecule has 49 heavy (non-hydrogen) atoms. The van der Waals surface area contributed by atoms with Crippen LogP contribution in [0.3, 0.4) is 0 Å². The van der Waals surface area contributed by atoms with Crippen molar-refractivity contribution in [2.24, 2.45) is 0 Å². The number of aliphatic hydroxyl groups is 1. The fourth-order valence-electron chi connectivity index (χ4n) is 5.66. The second-order valence-corrected chi connectivity index (χ2v) is 11.8. The second-order valence-electron chi connectivity index (χ2n) is 11.8. The van der Waals surface area contributed by atoms with E-state index in [0.29, 0.717) is 29.8 Å². The van der Waals surface area contributed by atoms with Crippen molar-refractivity contribution in [3.8, 4) is 0 Å². The van der Waals surface area contributed by atoms with Gasteiger partial charge in [0.15, 0.2) is 0 Å². The van der Waals surface area contributed by atoms with Crippen LogP contribution in [-0.2, 0) is 19.4 Å². The number of carboxylic acid groups (broad SMARTS) is 1. The molecule has 3 amide bonds. The van der Waals surface area contributed by atoms with E-state index in [1.807, 2.05) is 60.7 Å². The molecule has 0 aliphatic rings. The highest BCUT2D eigenvalue weighted by Gasteiger charge is 2.28. The molecule has 0 aliphatic heterocycles. The zero-order valence-electron chi connectivity index (χ0n) is 26.9. The Balaban J connectivity index is 1.40. The standard InChI is InChI=1S/C39H39N5O5/c40-30-20-18-29(19-21-30)37(46)43-34(24-28-13-5-2-6-14-28)36(45)25-32(23-27-11-3-1-4-12-27)42-38(47)33-16-7-8-17-35(33)44(39(48)49)26-31-15-9-10-22-41-31/h1-22,32,34,36,45H,23-26,40H2,(H,42,47)(H,43,46)(H,48,49)/t32-,34-,36-/m0/s1. The predicted octanol–water partition coefficient (Wildman–Crippen LogP) is 5.48. The number of nitrogens with one attached hydrogen (secondary N) is 2. The van der Waals surface area contributed by atoms with Crippen molar-refractivity contribution in [2.75, 3.05) is 10.6 Å². The average Bonchev–Trinajstić information content (AvgIpc) is 3.11. The van der Waals surface area contributed by atoms with E-state index in [-0.39, 0.29) is 30.1 Å². The number of hydrogen-bond donors (Lipinski definition) is 5. The molecule has 250 valence electrons. The first-order chi connectivity index (χ1) is 23.8. The Kier molecular flexibility index (Phi) is 11.7. The summed E-state index contributed by atoms with van der Waals surface area (Å²) in [6, 6.07) is 36.1.